The molecule has 0 fully saturated rings. The lowest BCUT2D eigenvalue weighted by atomic mass is 9.99. The van der Waals surface area contributed by atoms with Crippen molar-refractivity contribution in [1.29, 1.82) is 0 Å². The Kier molecular flexibility index (Phi) is 4.33. The maximum absolute atomic E-state index is 12.9. The number of benzene rings is 3. The first-order valence-electron chi connectivity index (χ1n) is 8.64. The molecule has 1 atom stereocenters. The fourth-order valence-corrected chi connectivity index (χ4v) is 3.58. The van der Waals surface area contributed by atoms with Crippen molar-refractivity contribution in [2.24, 2.45) is 0 Å². The molecule has 3 aromatic carbocycles. The van der Waals surface area contributed by atoms with Crippen LogP contribution in [0.25, 0.3) is 11.1 Å². The highest BCUT2D eigenvalue weighted by Gasteiger charge is 2.31. The van der Waals surface area contributed by atoms with E-state index in [1.165, 1.54) is 19.2 Å². The first-order valence-corrected chi connectivity index (χ1v) is 8.64. The molecule has 0 aromatic heterocycles. The van der Waals surface area contributed by atoms with Gasteiger partial charge in [0.1, 0.15) is 17.4 Å². The number of nitrogens with one attached hydrogen (secondary N) is 1. The summed E-state index contributed by atoms with van der Waals surface area (Å²) in [5.41, 5.74) is 3.64. The summed E-state index contributed by atoms with van der Waals surface area (Å²) >= 11 is 0. The molecule has 1 amide bonds. The average molecular weight is 375 g/mol. The Labute approximate surface area is 161 Å². The van der Waals surface area contributed by atoms with Crippen molar-refractivity contribution in [1.82, 2.24) is 0 Å². The number of hydrogen-bond donors (Lipinski definition) is 3. The summed E-state index contributed by atoms with van der Waals surface area (Å²) in [5, 5.41) is 22.8. The zero-order chi connectivity index (χ0) is 19.8. The number of carbonyl (C=O) groups excluding carboxylic acids is 1. The zero-order valence-electron chi connectivity index (χ0n) is 15.0. The van der Waals surface area contributed by atoms with Gasteiger partial charge in [-0.1, -0.05) is 36.4 Å². The van der Waals surface area contributed by atoms with Gasteiger partial charge < -0.3 is 20.3 Å². The number of carbonyl (C=O) groups is 2. The Morgan fingerprint density at radius 1 is 0.964 bits per heavy atom. The molecule has 6 nitrogen and oxygen atoms in total. The monoisotopic (exact) mass is 375 g/mol. The van der Waals surface area contributed by atoms with Crippen molar-refractivity contribution in [3.05, 3.63) is 82.9 Å². The molecule has 6 heteroatoms. The number of carboxylic acids is 1. The first-order chi connectivity index (χ1) is 13.5. The first kappa shape index (κ1) is 17.8. The summed E-state index contributed by atoms with van der Waals surface area (Å²) < 4.78 is 5.04. The molecule has 0 heterocycles. The molecule has 0 radical (unpaired) electrons. The zero-order valence-corrected chi connectivity index (χ0v) is 15.0. The predicted molar refractivity (Wildman–Crippen MR) is 104 cm³/mol. The molecule has 3 aromatic rings. The highest BCUT2D eigenvalue weighted by Crippen LogP contribution is 2.44. The minimum Gasteiger partial charge on any atom is -0.496 e. The van der Waals surface area contributed by atoms with Crippen LogP contribution in [0, 0.1) is 0 Å². The van der Waals surface area contributed by atoms with Crippen LogP contribution in [0.15, 0.2) is 60.7 Å². The minimum absolute atomic E-state index is 0.0500. The summed E-state index contributed by atoms with van der Waals surface area (Å²) in [7, 11) is 1.38. The Hall–Kier alpha value is -3.64. The second-order valence-electron chi connectivity index (χ2n) is 6.43. The van der Waals surface area contributed by atoms with Crippen molar-refractivity contribution < 1.29 is 24.5 Å². The number of anilines is 1. The predicted octanol–water partition coefficient (Wildman–Crippen LogP) is 3.71. The fraction of sp³-hybridized carbons (Fsp3) is 0.0909. The van der Waals surface area contributed by atoms with Crippen molar-refractivity contribution in [2.75, 3.05) is 12.4 Å². The Morgan fingerprint density at radius 3 is 2.46 bits per heavy atom. The minimum atomic E-state index is -1.15. The van der Waals surface area contributed by atoms with Crippen LogP contribution in [0.5, 0.6) is 5.75 Å². The largest absolute Gasteiger partial charge is 0.496 e. The van der Waals surface area contributed by atoms with Gasteiger partial charge in [0.2, 0.25) is 0 Å². The normalized spacial score (nSPS) is 14.1. The number of ether oxygens (including phenoxy) is 1. The molecule has 4 rings (SSSR count). The molecule has 1 unspecified atom stereocenters. The molecule has 3 N–H and O–H groups in total. The maximum Gasteiger partial charge on any atom is 0.339 e. The molecule has 140 valence electrons. The molecular weight excluding hydrogens is 358 g/mol. The summed E-state index contributed by atoms with van der Waals surface area (Å²) in [5.74, 6) is -1.37. The van der Waals surface area contributed by atoms with Crippen molar-refractivity contribution in [3.8, 4) is 16.9 Å². The number of aliphatic hydroxyl groups excluding tert-OH is 1. The number of rotatable bonds is 4. The number of aromatic carboxylic acids is 1. The number of methoxy groups -OCH3 is 1. The standard InChI is InChI=1S/C22H17NO5/c1-28-18-10-9-12(11-17(18)22(26)27)23-21(25)16-8-4-7-14-13-5-2-3-6-15(13)20(24)19(14)16/h2-11,20,24H,1H3,(H,23,25)(H,26,27). The van der Waals surface area contributed by atoms with Crippen LogP contribution >= 0.6 is 0 Å². The molecule has 0 saturated carbocycles. The van der Waals surface area contributed by atoms with Gasteiger partial charge >= 0.3 is 5.97 Å². The van der Waals surface area contributed by atoms with E-state index in [4.69, 9.17) is 4.74 Å². The topological polar surface area (TPSA) is 95.9 Å². The molecule has 0 bridgehead atoms. The Bertz CT molecular complexity index is 1110. The number of fused-ring (bicyclic) bond motifs is 3. The third kappa shape index (κ3) is 2.80. The number of aliphatic hydroxyl groups is 1. The average Bonchev–Trinajstić information content (AvgIpc) is 3.01. The van der Waals surface area contributed by atoms with Gasteiger partial charge in [-0.2, -0.15) is 0 Å². The van der Waals surface area contributed by atoms with E-state index < -0.39 is 18.0 Å². The van der Waals surface area contributed by atoms with Gasteiger partial charge in [-0.15, -0.1) is 0 Å². The summed E-state index contributed by atoms with van der Waals surface area (Å²) in [6.07, 6.45) is -0.890. The second kappa shape index (κ2) is 6.83. The Morgan fingerprint density at radius 2 is 1.71 bits per heavy atom. The molecule has 1 aliphatic rings. The van der Waals surface area contributed by atoms with Crippen LogP contribution in [0.2, 0.25) is 0 Å². The summed E-state index contributed by atoms with van der Waals surface area (Å²) in [4.78, 5) is 24.3. The molecular formula is C22H17NO5. The fourth-order valence-electron chi connectivity index (χ4n) is 3.58. The molecule has 0 aliphatic heterocycles. The van der Waals surface area contributed by atoms with Crippen molar-refractivity contribution in [2.45, 2.75) is 6.10 Å². The summed E-state index contributed by atoms with van der Waals surface area (Å²) in [6.45, 7) is 0. The number of carboxylic acid groups (broad SMARTS) is 1. The Balaban J connectivity index is 1.70. The van der Waals surface area contributed by atoms with E-state index in [9.17, 15) is 19.8 Å². The third-order valence-corrected chi connectivity index (χ3v) is 4.86. The molecule has 0 spiro atoms. The van der Waals surface area contributed by atoms with Crippen LogP contribution < -0.4 is 10.1 Å². The van der Waals surface area contributed by atoms with Gasteiger partial charge in [0.05, 0.1) is 7.11 Å². The van der Waals surface area contributed by atoms with E-state index in [2.05, 4.69) is 5.32 Å². The molecule has 0 saturated heterocycles. The second-order valence-corrected chi connectivity index (χ2v) is 6.43. The summed E-state index contributed by atoms with van der Waals surface area (Å²) in [6, 6.07) is 17.2. The maximum atomic E-state index is 12.9. The van der Waals surface area contributed by atoms with E-state index in [0.29, 0.717) is 16.8 Å². The van der Waals surface area contributed by atoms with Crippen molar-refractivity contribution >= 4 is 17.6 Å². The highest BCUT2D eigenvalue weighted by atomic mass is 16.5. The van der Waals surface area contributed by atoms with Gasteiger partial charge in [-0.3, -0.25) is 4.79 Å². The molecule has 28 heavy (non-hydrogen) atoms. The van der Waals surface area contributed by atoms with Gasteiger partial charge in [0, 0.05) is 16.8 Å². The smallest absolute Gasteiger partial charge is 0.339 e. The third-order valence-electron chi connectivity index (χ3n) is 4.86. The van der Waals surface area contributed by atoms with Gasteiger partial charge in [0.15, 0.2) is 0 Å². The number of amides is 1. The van der Waals surface area contributed by atoms with E-state index >= 15 is 0 Å². The number of hydrogen-bond acceptors (Lipinski definition) is 4. The van der Waals surface area contributed by atoms with E-state index in [0.717, 1.165) is 16.7 Å². The van der Waals surface area contributed by atoms with Gasteiger partial charge in [-0.25, -0.2) is 4.79 Å². The lowest BCUT2D eigenvalue weighted by molar-refractivity contribution is 0.0693. The molecule has 1 aliphatic carbocycles. The van der Waals surface area contributed by atoms with Gasteiger partial charge in [-0.05, 0) is 41.0 Å². The lowest BCUT2D eigenvalue weighted by Gasteiger charge is -2.13. The van der Waals surface area contributed by atoms with Gasteiger partial charge in [0.25, 0.3) is 5.91 Å². The van der Waals surface area contributed by atoms with Crippen LogP contribution in [0.1, 0.15) is 37.9 Å². The van der Waals surface area contributed by atoms with E-state index in [1.807, 2.05) is 30.3 Å². The van der Waals surface area contributed by atoms with E-state index in [-0.39, 0.29) is 11.3 Å². The lowest BCUT2D eigenvalue weighted by Crippen LogP contribution is -2.16. The van der Waals surface area contributed by atoms with Crippen LogP contribution in [0.4, 0.5) is 5.69 Å². The van der Waals surface area contributed by atoms with E-state index in [1.54, 1.807) is 18.2 Å². The quantitative estimate of drug-likeness (QED) is 0.646. The van der Waals surface area contributed by atoms with Crippen LogP contribution in [-0.2, 0) is 0 Å². The van der Waals surface area contributed by atoms with Crippen LogP contribution in [0.3, 0.4) is 0 Å². The SMILES string of the molecule is COc1ccc(NC(=O)c2cccc3c2C(O)c2ccccc2-3)cc1C(=O)O. The van der Waals surface area contributed by atoms with Crippen molar-refractivity contribution in [3.63, 3.8) is 0 Å². The van der Waals surface area contributed by atoms with Crippen LogP contribution in [-0.4, -0.2) is 29.2 Å². The highest BCUT2D eigenvalue weighted by molar-refractivity contribution is 6.08.